The van der Waals surface area contributed by atoms with Crippen LogP contribution in [0.4, 0.5) is 0 Å². The van der Waals surface area contributed by atoms with Gasteiger partial charge in [-0.25, -0.2) is 8.42 Å². The van der Waals surface area contributed by atoms with Gasteiger partial charge in [-0.15, -0.1) is 0 Å². The minimum Gasteiger partial charge on any atom is -0.393 e. The van der Waals surface area contributed by atoms with Crippen molar-refractivity contribution >= 4 is 9.84 Å². The van der Waals surface area contributed by atoms with Crippen molar-refractivity contribution in [2.45, 2.75) is 32.8 Å². The maximum Gasteiger partial charge on any atom is 0.150 e. The van der Waals surface area contributed by atoms with Crippen LogP contribution < -0.4 is 0 Å². The lowest BCUT2D eigenvalue weighted by Gasteiger charge is -2.17. The van der Waals surface area contributed by atoms with Crippen molar-refractivity contribution in [3.05, 3.63) is 0 Å². The van der Waals surface area contributed by atoms with Gasteiger partial charge in [-0.3, -0.25) is 0 Å². The van der Waals surface area contributed by atoms with E-state index in [1.165, 1.54) is 0 Å². The second-order valence-electron chi connectivity index (χ2n) is 4.32. The van der Waals surface area contributed by atoms with Crippen LogP contribution in [0.2, 0.25) is 0 Å². The van der Waals surface area contributed by atoms with Gasteiger partial charge < -0.3 is 5.11 Å². The average Bonchev–Trinajstić information content (AvgIpc) is 2.30. The number of hydrogen-bond acceptors (Lipinski definition) is 3. The highest BCUT2D eigenvalue weighted by atomic mass is 32.2. The van der Waals surface area contributed by atoms with Gasteiger partial charge in [-0.2, -0.15) is 0 Å². The van der Waals surface area contributed by atoms with Gasteiger partial charge in [-0.05, 0) is 24.7 Å². The van der Waals surface area contributed by atoms with Gasteiger partial charge in [0.25, 0.3) is 0 Å². The summed E-state index contributed by atoms with van der Waals surface area (Å²) in [7, 11) is -2.78. The molecule has 1 rings (SSSR count). The first kappa shape index (κ1) is 11.0. The molecule has 0 aromatic heterocycles. The van der Waals surface area contributed by atoms with Crippen molar-refractivity contribution < 1.29 is 13.5 Å². The maximum absolute atomic E-state index is 11.1. The van der Waals surface area contributed by atoms with Crippen molar-refractivity contribution in [2.24, 2.45) is 11.8 Å². The van der Waals surface area contributed by atoms with E-state index in [9.17, 15) is 13.5 Å². The van der Waals surface area contributed by atoms with Crippen LogP contribution in [-0.4, -0.2) is 31.1 Å². The predicted molar refractivity (Wildman–Crippen MR) is 52.2 cm³/mol. The fraction of sp³-hybridized carbons (Fsp3) is 1.00. The second kappa shape index (κ2) is 3.96. The van der Waals surface area contributed by atoms with Gasteiger partial charge >= 0.3 is 0 Å². The van der Waals surface area contributed by atoms with Crippen molar-refractivity contribution in [3.8, 4) is 0 Å². The van der Waals surface area contributed by atoms with Crippen LogP contribution in [0.1, 0.15) is 26.7 Å². The van der Waals surface area contributed by atoms with E-state index in [1.807, 2.05) is 13.8 Å². The molecule has 0 amide bonds. The smallest absolute Gasteiger partial charge is 0.150 e. The van der Waals surface area contributed by atoms with Crippen molar-refractivity contribution in [1.82, 2.24) is 0 Å². The molecule has 1 saturated heterocycles. The molecule has 2 unspecified atom stereocenters. The third-order valence-corrected chi connectivity index (χ3v) is 4.51. The van der Waals surface area contributed by atoms with Gasteiger partial charge in [0.1, 0.15) is 0 Å². The first-order valence-electron chi connectivity index (χ1n) is 4.79. The lowest BCUT2D eigenvalue weighted by atomic mass is 9.95. The van der Waals surface area contributed by atoms with E-state index in [4.69, 9.17) is 0 Å². The number of aliphatic hydroxyl groups excluding tert-OH is 1. The Labute approximate surface area is 80.1 Å². The molecule has 0 bridgehead atoms. The van der Waals surface area contributed by atoms with Gasteiger partial charge in [-0.1, -0.05) is 13.8 Å². The molecular formula is C9H18O3S. The lowest BCUT2D eigenvalue weighted by molar-refractivity contribution is 0.101. The Hall–Kier alpha value is -0.0900. The molecule has 13 heavy (non-hydrogen) atoms. The Morgan fingerprint density at radius 1 is 1.46 bits per heavy atom. The summed E-state index contributed by atoms with van der Waals surface area (Å²) in [4.78, 5) is 0. The highest BCUT2D eigenvalue weighted by Crippen LogP contribution is 2.24. The molecule has 0 aliphatic carbocycles. The molecule has 0 aromatic carbocycles. The molecule has 0 spiro atoms. The van der Waals surface area contributed by atoms with E-state index in [0.717, 1.165) is 6.42 Å². The van der Waals surface area contributed by atoms with Crippen LogP contribution >= 0.6 is 0 Å². The molecule has 1 fully saturated rings. The van der Waals surface area contributed by atoms with Crippen LogP contribution in [0, 0.1) is 11.8 Å². The molecule has 1 aliphatic heterocycles. The molecule has 0 saturated carbocycles. The Morgan fingerprint density at radius 3 is 2.46 bits per heavy atom. The topological polar surface area (TPSA) is 54.4 Å². The maximum atomic E-state index is 11.1. The van der Waals surface area contributed by atoms with Gasteiger partial charge in [0, 0.05) is 0 Å². The molecule has 1 N–H and O–H groups in total. The van der Waals surface area contributed by atoms with E-state index < -0.39 is 9.84 Å². The molecular weight excluding hydrogens is 188 g/mol. The summed E-state index contributed by atoms with van der Waals surface area (Å²) in [5.41, 5.74) is 0. The van der Waals surface area contributed by atoms with Gasteiger partial charge in [0.05, 0.1) is 17.6 Å². The standard InChI is InChI=1S/C9H18O3S/c1-7(2)9(10)5-8-3-4-13(11,12)6-8/h7-10H,3-6H2,1-2H3. The average molecular weight is 206 g/mol. The first-order chi connectivity index (χ1) is 5.91. The predicted octanol–water partition coefficient (Wildman–Crippen LogP) is 0.828. The minimum absolute atomic E-state index is 0.183. The fourth-order valence-corrected chi connectivity index (χ4v) is 3.55. The third kappa shape index (κ3) is 3.27. The molecule has 3 nitrogen and oxygen atoms in total. The third-order valence-electron chi connectivity index (χ3n) is 2.67. The van der Waals surface area contributed by atoms with Crippen LogP contribution in [0.5, 0.6) is 0 Å². The van der Waals surface area contributed by atoms with E-state index in [2.05, 4.69) is 0 Å². The summed E-state index contributed by atoms with van der Waals surface area (Å²) in [5, 5.41) is 9.56. The number of hydrogen-bond donors (Lipinski definition) is 1. The van der Waals surface area contributed by atoms with Crippen LogP contribution in [0.15, 0.2) is 0 Å². The van der Waals surface area contributed by atoms with Crippen LogP contribution in [0.25, 0.3) is 0 Å². The SMILES string of the molecule is CC(C)C(O)CC1CCS(=O)(=O)C1. The van der Waals surface area contributed by atoms with Crippen LogP contribution in [-0.2, 0) is 9.84 Å². The molecule has 0 aromatic rings. The van der Waals surface area contributed by atoms with Gasteiger partial charge in [0.15, 0.2) is 9.84 Å². The van der Waals surface area contributed by atoms with Gasteiger partial charge in [0.2, 0.25) is 0 Å². The monoisotopic (exact) mass is 206 g/mol. The highest BCUT2D eigenvalue weighted by Gasteiger charge is 2.29. The zero-order valence-electron chi connectivity index (χ0n) is 8.23. The zero-order valence-corrected chi connectivity index (χ0v) is 9.05. The highest BCUT2D eigenvalue weighted by molar-refractivity contribution is 7.91. The van der Waals surface area contributed by atoms with E-state index in [1.54, 1.807) is 0 Å². The largest absolute Gasteiger partial charge is 0.393 e. The normalized spacial score (nSPS) is 29.4. The molecule has 4 heteroatoms. The van der Waals surface area contributed by atoms with Crippen molar-refractivity contribution in [3.63, 3.8) is 0 Å². The van der Waals surface area contributed by atoms with E-state index >= 15 is 0 Å². The van der Waals surface area contributed by atoms with E-state index in [-0.39, 0.29) is 23.7 Å². The Morgan fingerprint density at radius 2 is 2.08 bits per heavy atom. The Kier molecular flexibility index (Phi) is 3.35. The summed E-state index contributed by atoms with van der Waals surface area (Å²) in [6.45, 7) is 3.90. The first-order valence-corrected chi connectivity index (χ1v) is 6.61. The quantitative estimate of drug-likeness (QED) is 0.744. The minimum atomic E-state index is -2.78. The summed E-state index contributed by atoms with van der Waals surface area (Å²) in [5.74, 6) is 0.991. The summed E-state index contributed by atoms with van der Waals surface area (Å²) < 4.78 is 22.2. The number of sulfone groups is 1. The Balaban J connectivity index is 2.41. The van der Waals surface area contributed by atoms with Crippen molar-refractivity contribution in [2.75, 3.05) is 11.5 Å². The number of rotatable bonds is 3. The molecule has 78 valence electrons. The summed E-state index contributed by atoms with van der Waals surface area (Å²) in [6.07, 6.45) is 1.02. The Bertz CT molecular complexity index is 256. The number of aliphatic hydroxyl groups is 1. The zero-order chi connectivity index (χ0) is 10.1. The molecule has 1 heterocycles. The molecule has 2 atom stereocenters. The molecule has 1 aliphatic rings. The summed E-state index contributed by atoms with van der Waals surface area (Å²) >= 11 is 0. The lowest BCUT2D eigenvalue weighted by Crippen LogP contribution is -2.19. The van der Waals surface area contributed by atoms with Crippen LogP contribution in [0.3, 0.4) is 0 Å². The summed E-state index contributed by atoms with van der Waals surface area (Å²) in [6, 6.07) is 0. The van der Waals surface area contributed by atoms with Crippen molar-refractivity contribution in [1.29, 1.82) is 0 Å². The fourth-order valence-electron chi connectivity index (χ4n) is 1.67. The second-order valence-corrected chi connectivity index (χ2v) is 6.54. The van der Waals surface area contributed by atoms with E-state index in [0.29, 0.717) is 12.2 Å². The molecule has 0 radical (unpaired) electrons.